The molecule has 2 aromatic rings. The number of rotatable bonds is 3. The predicted octanol–water partition coefficient (Wildman–Crippen LogP) is 3.93. The number of Topliss-reactive ketones (excluding diaryl/α,β-unsaturated/α-hetero) is 1. The molecule has 88 valence electrons. The maximum absolute atomic E-state index is 12.7. The fraction of sp³-hybridized carbons (Fsp3) is 0.214. The molecule has 0 aliphatic heterocycles. The van der Waals surface area contributed by atoms with Gasteiger partial charge in [0.15, 0.2) is 5.78 Å². The third kappa shape index (κ3) is 2.80. The van der Waals surface area contributed by atoms with Crippen LogP contribution in [0.25, 0.3) is 0 Å². The Morgan fingerprint density at radius 3 is 2.41 bits per heavy atom. The van der Waals surface area contributed by atoms with Crippen molar-refractivity contribution in [3.63, 3.8) is 0 Å². The fourth-order valence-corrected chi connectivity index (χ4v) is 2.75. The molecule has 0 atom stereocenters. The van der Waals surface area contributed by atoms with Gasteiger partial charge in [0.1, 0.15) is 5.82 Å². The maximum atomic E-state index is 12.7. The molecule has 17 heavy (non-hydrogen) atoms. The van der Waals surface area contributed by atoms with Gasteiger partial charge in [-0.2, -0.15) is 0 Å². The van der Waals surface area contributed by atoms with E-state index in [1.165, 1.54) is 23.5 Å². The molecule has 1 aromatic carbocycles. The second kappa shape index (κ2) is 4.80. The van der Waals surface area contributed by atoms with Gasteiger partial charge in [0.25, 0.3) is 0 Å². The van der Waals surface area contributed by atoms with Crippen LogP contribution in [0.1, 0.15) is 25.7 Å². The highest BCUT2D eigenvalue weighted by Crippen LogP contribution is 2.22. The van der Waals surface area contributed by atoms with Crippen LogP contribution in [0.4, 0.5) is 4.39 Å². The Labute approximate surface area is 104 Å². The molecule has 1 aromatic heterocycles. The SMILES string of the molecule is Cc1cc(C)c(C(=O)Cc2ccc(F)cc2)s1. The second-order valence-corrected chi connectivity index (χ2v) is 5.35. The number of carbonyl (C=O) groups excluding carboxylic acids is 1. The molecular formula is C14H13FOS. The van der Waals surface area contributed by atoms with Crippen molar-refractivity contribution < 1.29 is 9.18 Å². The molecule has 0 radical (unpaired) electrons. The van der Waals surface area contributed by atoms with E-state index in [4.69, 9.17) is 0 Å². The van der Waals surface area contributed by atoms with Crippen molar-refractivity contribution in [1.82, 2.24) is 0 Å². The third-order valence-corrected chi connectivity index (χ3v) is 3.77. The van der Waals surface area contributed by atoms with E-state index in [1.807, 2.05) is 19.9 Å². The molecule has 0 amide bonds. The van der Waals surface area contributed by atoms with Crippen LogP contribution in [0.5, 0.6) is 0 Å². The summed E-state index contributed by atoms with van der Waals surface area (Å²) >= 11 is 1.52. The Balaban J connectivity index is 2.17. The van der Waals surface area contributed by atoms with Crippen molar-refractivity contribution in [3.8, 4) is 0 Å². The van der Waals surface area contributed by atoms with E-state index in [0.717, 1.165) is 20.9 Å². The van der Waals surface area contributed by atoms with E-state index in [1.54, 1.807) is 12.1 Å². The van der Waals surface area contributed by atoms with Crippen LogP contribution in [0.15, 0.2) is 30.3 Å². The largest absolute Gasteiger partial charge is 0.293 e. The zero-order valence-electron chi connectivity index (χ0n) is 9.79. The molecule has 3 heteroatoms. The standard InChI is InChI=1S/C14H13FOS/c1-9-7-10(2)17-14(9)13(16)8-11-3-5-12(15)6-4-11/h3-7H,8H2,1-2H3. The van der Waals surface area contributed by atoms with E-state index < -0.39 is 0 Å². The lowest BCUT2D eigenvalue weighted by Crippen LogP contribution is -2.02. The average Bonchev–Trinajstić information content (AvgIpc) is 2.61. The van der Waals surface area contributed by atoms with Crippen LogP contribution >= 0.6 is 11.3 Å². The summed E-state index contributed by atoms with van der Waals surface area (Å²) in [5.74, 6) is -0.170. The van der Waals surface area contributed by atoms with Gasteiger partial charge in [0.2, 0.25) is 0 Å². The Kier molecular flexibility index (Phi) is 3.38. The number of benzene rings is 1. The van der Waals surface area contributed by atoms with Crippen LogP contribution in [-0.4, -0.2) is 5.78 Å². The van der Waals surface area contributed by atoms with Gasteiger partial charge < -0.3 is 0 Å². The Hall–Kier alpha value is -1.48. The summed E-state index contributed by atoms with van der Waals surface area (Å²) in [6.07, 6.45) is 0.334. The molecule has 0 saturated heterocycles. The first-order valence-electron chi connectivity index (χ1n) is 5.41. The average molecular weight is 248 g/mol. The minimum absolute atomic E-state index is 0.104. The van der Waals surface area contributed by atoms with Crippen LogP contribution in [-0.2, 0) is 6.42 Å². The number of carbonyl (C=O) groups is 1. The summed E-state index contributed by atoms with van der Waals surface area (Å²) in [6, 6.07) is 8.10. The first-order chi connectivity index (χ1) is 8.06. The number of aryl methyl sites for hydroxylation is 2. The Bertz CT molecular complexity index is 540. The molecule has 0 bridgehead atoms. The molecule has 0 aliphatic carbocycles. The zero-order valence-corrected chi connectivity index (χ0v) is 10.6. The van der Waals surface area contributed by atoms with Gasteiger partial charge in [-0.3, -0.25) is 4.79 Å². The van der Waals surface area contributed by atoms with Gasteiger partial charge in [-0.1, -0.05) is 12.1 Å². The van der Waals surface area contributed by atoms with Gasteiger partial charge in [-0.15, -0.1) is 11.3 Å². The quantitative estimate of drug-likeness (QED) is 0.752. The highest BCUT2D eigenvalue weighted by atomic mass is 32.1. The van der Waals surface area contributed by atoms with E-state index in [0.29, 0.717) is 6.42 Å². The predicted molar refractivity (Wildman–Crippen MR) is 68.2 cm³/mol. The first-order valence-corrected chi connectivity index (χ1v) is 6.22. The van der Waals surface area contributed by atoms with Gasteiger partial charge in [0, 0.05) is 11.3 Å². The van der Waals surface area contributed by atoms with Crippen LogP contribution < -0.4 is 0 Å². The van der Waals surface area contributed by atoms with Crippen molar-refractivity contribution in [1.29, 1.82) is 0 Å². The fourth-order valence-electron chi connectivity index (χ4n) is 1.79. The van der Waals surface area contributed by atoms with Crippen molar-refractivity contribution in [2.24, 2.45) is 0 Å². The summed E-state index contributed by atoms with van der Waals surface area (Å²) in [6.45, 7) is 3.94. The molecule has 0 fully saturated rings. The lowest BCUT2D eigenvalue weighted by Gasteiger charge is -2.00. The number of thiophene rings is 1. The van der Waals surface area contributed by atoms with Crippen molar-refractivity contribution in [3.05, 3.63) is 57.0 Å². The summed E-state index contributed by atoms with van der Waals surface area (Å²) in [7, 11) is 0. The topological polar surface area (TPSA) is 17.1 Å². The summed E-state index contributed by atoms with van der Waals surface area (Å²) in [4.78, 5) is 14.0. The minimum Gasteiger partial charge on any atom is -0.293 e. The van der Waals surface area contributed by atoms with E-state index in [-0.39, 0.29) is 11.6 Å². The van der Waals surface area contributed by atoms with Gasteiger partial charge in [-0.05, 0) is 43.2 Å². The molecule has 1 heterocycles. The normalized spacial score (nSPS) is 10.5. The lowest BCUT2D eigenvalue weighted by atomic mass is 10.1. The van der Waals surface area contributed by atoms with Gasteiger partial charge in [-0.25, -0.2) is 4.39 Å². The first kappa shape index (κ1) is 12.0. The van der Waals surface area contributed by atoms with Crippen LogP contribution in [0, 0.1) is 19.7 Å². The second-order valence-electron chi connectivity index (χ2n) is 4.10. The van der Waals surface area contributed by atoms with E-state index >= 15 is 0 Å². The molecule has 0 N–H and O–H groups in total. The maximum Gasteiger partial charge on any atom is 0.177 e. The van der Waals surface area contributed by atoms with Crippen molar-refractivity contribution >= 4 is 17.1 Å². The smallest absolute Gasteiger partial charge is 0.177 e. The zero-order chi connectivity index (χ0) is 12.4. The van der Waals surface area contributed by atoms with E-state index in [9.17, 15) is 9.18 Å². The summed E-state index contributed by atoms with van der Waals surface area (Å²) in [5.41, 5.74) is 1.88. The van der Waals surface area contributed by atoms with Gasteiger partial charge in [0.05, 0.1) is 4.88 Å². The molecular weight excluding hydrogens is 235 g/mol. The number of halogens is 1. The summed E-state index contributed by atoms with van der Waals surface area (Å²) < 4.78 is 12.7. The minimum atomic E-state index is -0.274. The van der Waals surface area contributed by atoms with Crippen molar-refractivity contribution in [2.45, 2.75) is 20.3 Å². The number of hydrogen-bond acceptors (Lipinski definition) is 2. The summed E-state index contributed by atoms with van der Waals surface area (Å²) in [5, 5.41) is 0. The van der Waals surface area contributed by atoms with Crippen molar-refractivity contribution in [2.75, 3.05) is 0 Å². The molecule has 0 aliphatic rings. The molecule has 2 rings (SSSR count). The molecule has 1 nitrogen and oxygen atoms in total. The molecule has 0 saturated carbocycles. The van der Waals surface area contributed by atoms with E-state index in [2.05, 4.69) is 0 Å². The van der Waals surface area contributed by atoms with Crippen LogP contribution in [0.2, 0.25) is 0 Å². The molecule has 0 spiro atoms. The monoisotopic (exact) mass is 248 g/mol. The third-order valence-electron chi connectivity index (χ3n) is 2.57. The highest BCUT2D eigenvalue weighted by molar-refractivity contribution is 7.14. The Morgan fingerprint density at radius 1 is 1.24 bits per heavy atom. The van der Waals surface area contributed by atoms with Crippen LogP contribution in [0.3, 0.4) is 0 Å². The number of hydrogen-bond donors (Lipinski definition) is 0. The Morgan fingerprint density at radius 2 is 1.88 bits per heavy atom. The lowest BCUT2D eigenvalue weighted by molar-refractivity contribution is 0.0996. The highest BCUT2D eigenvalue weighted by Gasteiger charge is 2.12. The molecule has 0 unspecified atom stereocenters. The number of ketones is 1. The van der Waals surface area contributed by atoms with Gasteiger partial charge >= 0.3 is 0 Å².